The Kier molecular flexibility index (Phi) is 4.09. The normalized spacial score (nSPS) is 11.0. The topological polar surface area (TPSA) is 56.5 Å². The number of aryl methyl sites for hydroxylation is 4. The fourth-order valence-corrected chi connectivity index (χ4v) is 3.08. The van der Waals surface area contributed by atoms with Gasteiger partial charge in [0.2, 0.25) is 0 Å². The second-order valence-corrected chi connectivity index (χ2v) is 5.97. The number of hydrogen-bond donors (Lipinski definition) is 0. The zero-order valence-electron chi connectivity index (χ0n) is 14.7. The van der Waals surface area contributed by atoms with E-state index in [1.807, 2.05) is 19.9 Å². The summed E-state index contributed by atoms with van der Waals surface area (Å²) in [6.07, 6.45) is 0. The Morgan fingerprint density at radius 2 is 1.79 bits per heavy atom. The maximum absolute atomic E-state index is 12.1. The van der Waals surface area contributed by atoms with Gasteiger partial charge in [-0.05, 0) is 57.4 Å². The number of aromatic nitrogens is 3. The maximum Gasteiger partial charge on any atom is 0.357 e. The van der Waals surface area contributed by atoms with E-state index in [0.29, 0.717) is 17.9 Å². The largest absolute Gasteiger partial charge is 0.461 e. The average molecular weight is 323 g/mol. The van der Waals surface area contributed by atoms with E-state index in [4.69, 9.17) is 4.74 Å². The molecule has 5 heteroatoms. The van der Waals surface area contributed by atoms with Crippen molar-refractivity contribution in [2.75, 3.05) is 6.61 Å². The number of nitrogens with zero attached hydrogens (tertiary/aromatic N) is 3. The molecule has 0 radical (unpaired) electrons. The van der Waals surface area contributed by atoms with Crippen LogP contribution >= 0.6 is 0 Å². The zero-order valence-corrected chi connectivity index (χ0v) is 14.7. The first-order valence-electron chi connectivity index (χ1n) is 8.04. The van der Waals surface area contributed by atoms with Gasteiger partial charge < -0.3 is 4.74 Å². The summed E-state index contributed by atoms with van der Waals surface area (Å²) in [6, 6.07) is 7.91. The van der Waals surface area contributed by atoms with Crippen LogP contribution in [0.4, 0.5) is 0 Å². The quantitative estimate of drug-likeness (QED) is 0.688. The Labute approximate surface area is 141 Å². The molecular formula is C19H21N3O2. The summed E-state index contributed by atoms with van der Waals surface area (Å²) < 4.78 is 6.89. The minimum Gasteiger partial charge on any atom is -0.461 e. The molecule has 0 amide bonds. The number of esters is 1. The summed E-state index contributed by atoms with van der Waals surface area (Å²) in [7, 11) is 0. The number of rotatable bonds is 3. The van der Waals surface area contributed by atoms with Crippen molar-refractivity contribution in [2.24, 2.45) is 0 Å². The predicted molar refractivity (Wildman–Crippen MR) is 93.3 cm³/mol. The van der Waals surface area contributed by atoms with Gasteiger partial charge in [0.05, 0.1) is 17.9 Å². The second kappa shape index (κ2) is 6.07. The third-order valence-electron chi connectivity index (χ3n) is 4.16. The molecule has 1 aromatic carbocycles. The van der Waals surface area contributed by atoms with Crippen LogP contribution in [0, 0.1) is 27.7 Å². The van der Waals surface area contributed by atoms with E-state index in [1.165, 1.54) is 0 Å². The molecule has 0 aliphatic rings. The van der Waals surface area contributed by atoms with Crippen molar-refractivity contribution in [3.63, 3.8) is 0 Å². The standard InChI is InChI=1S/C19H21N3O2/c1-6-24-19(23)15-10-13(4)22-18(20-15)17(14(5)21-22)16-11(2)8-7-9-12(16)3/h7-10H,6H2,1-5H3. The molecule has 0 bridgehead atoms. The van der Waals surface area contributed by atoms with Gasteiger partial charge in [-0.15, -0.1) is 0 Å². The number of carbonyl (C=O) groups excluding carboxylic acids is 1. The van der Waals surface area contributed by atoms with Gasteiger partial charge in [0.15, 0.2) is 11.3 Å². The minimum atomic E-state index is -0.408. The molecule has 0 aliphatic carbocycles. The molecule has 0 aliphatic heterocycles. The fraction of sp³-hybridized carbons (Fsp3) is 0.316. The number of ether oxygens (including phenoxy) is 1. The van der Waals surface area contributed by atoms with E-state index in [2.05, 4.69) is 36.1 Å². The number of fused-ring (bicyclic) bond motifs is 1. The Morgan fingerprint density at radius 1 is 1.12 bits per heavy atom. The smallest absolute Gasteiger partial charge is 0.357 e. The summed E-state index contributed by atoms with van der Waals surface area (Å²) in [5.41, 5.74) is 7.16. The lowest BCUT2D eigenvalue weighted by Gasteiger charge is -2.10. The number of hydrogen-bond acceptors (Lipinski definition) is 4. The van der Waals surface area contributed by atoms with Crippen molar-refractivity contribution in [3.05, 3.63) is 52.5 Å². The first-order chi connectivity index (χ1) is 11.4. The van der Waals surface area contributed by atoms with Crippen molar-refractivity contribution in [2.45, 2.75) is 34.6 Å². The Bertz CT molecular complexity index is 921. The van der Waals surface area contributed by atoms with Gasteiger partial charge in [-0.25, -0.2) is 14.3 Å². The van der Waals surface area contributed by atoms with Crippen LogP contribution in [-0.4, -0.2) is 27.2 Å². The maximum atomic E-state index is 12.1. The van der Waals surface area contributed by atoms with Gasteiger partial charge >= 0.3 is 5.97 Å². The molecule has 0 N–H and O–H groups in total. The van der Waals surface area contributed by atoms with Gasteiger partial charge in [0.1, 0.15) is 0 Å². The summed E-state index contributed by atoms with van der Waals surface area (Å²) in [5.74, 6) is -0.408. The van der Waals surface area contributed by atoms with Crippen molar-refractivity contribution in [1.82, 2.24) is 14.6 Å². The molecule has 5 nitrogen and oxygen atoms in total. The zero-order chi connectivity index (χ0) is 17.4. The van der Waals surface area contributed by atoms with Crippen LogP contribution in [-0.2, 0) is 4.74 Å². The third-order valence-corrected chi connectivity index (χ3v) is 4.16. The highest BCUT2D eigenvalue weighted by atomic mass is 16.5. The van der Waals surface area contributed by atoms with E-state index in [9.17, 15) is 4.79 Å². The van der Waals surface area contributed by atoms with Crippen LogP contribution in [0.2, 0.25) is 0 Å². The highest BCUT2D eigenvalue weighted by Gasteiger charge is 2.20. The molecule has 0 saturated heterocycles. The minimum absolute atomic E-state index is 0.314. The molecule has 0 fully saturated rings. The highest BCUT2D eigenvalue weighted by Crippen LogP contribution is 2.33. The first-order valence-corrected chi connectivity index (χ1v) is 8.04. The molecule has 0 atom stereocenters. The van der Waals surface area contributed by atoms with Gasteiger partial charge in [-0.1, -0.05) is 18.2 Å². The summed E-state index contributed by atoms with van der Waals surface area (Å²) >= 11 is 0. The van der Waals surface area contributed by atoms with E-state index in [1.54, 1.807) is 17.5 Å². The lowest BCUT2D eigenvalue weighted by atomic mass is 9.96. The van der Waals surface area contributed by atoms with E-state index in [-0.39, 0.29) is 0 Å². The first kappa shape index (κ1) is 16.2. The fourth-order valence-electron chi connectivity index (χ4n) is 3.08. The van der Waals surface area contributed by atoms with Crippen LogP contribution in [0.15, 0.2) is 24.3 Å². The SMILES string of the molecule is CCOC(=O)c1cc(C)n2nc(C)c(-c3c(C)cccc3C)c2n1. The van der Waals surface area contributed by atoms with Crippen LogP contribution < -0.4 is 0 Å². The Hall–Kier alpha value is -2.69. The number of benzene rings is 1. The molecule has 0 saturated carbocycles. The van der Waals surface area contributed by atoms with E-state index < -0.39 is 5.97 Å². The van der Waals surface area contributed by atoms with Gasteiger partial charge in [0.25, 0.3) is 0 Å². The van der Waals surface area contributed by atoms with Crippen LogP contribution in [0.5, 0.6) is 0 Å². The summed E-state index contributed by atoms with van der Waals surface area (Å²) in [6.45, 7) is 10.2. The molecular weight excluding hydrogens is 302 g/mol. The van der Waals surface area contributed by atoms with Gasteiger partial charge in [0, 0.05) is 5.69 Å². The molecule has 3 rings (SSSR count). The highest BCUT2D eigenvalue weighted by molar-refractivity contribution is 5.90. The Balaban J connectivity index is 2.33. The summed E-state index contributed by atoms with van der Waals surface area (Å²) in [4.78, 5) is 16.7. The lowest BCUT2D eigenvalue weighted by Crippen LogP contribution is -2.10. The third kappa shape index (κ3) is 2.56. The van der Waals surface area contributed by atoms with Gasteiger partial charge in [-0.2, -0.15) is 5.10 Å². The molecule has 0 unspecified atom stereocenters. The molecule has 24 heavy (non-hydrogen) atoms. The van der Waals surface area contributed by atoms with Crippen molar-refractivity contribution in [3.8, 4) is 11.1 Å². The molecule has 2 heterocycles. The van der Waals surface area contributed by atoms with E-state index >= 15 is 0 Å². The monoisotopic (exact) mass is 323 g/mol. The van der Waals surface area contributed by atoms with Crippen LogP contribution in [0.3, 0.4) is 0 Å². The molecule has 3 aromatic rings. The van der Waals surface area contributed by atoms with Crippen LogP contribution in [0.25, 0.3) is 16.8 Å². The molecule has 2 aromatic heterocycles. The molecule has 0 spiro atoms. The van der Waals surface area contributed by atoms with E-state index in [0.717, 1.165) is 33.6 Å². The average Bonchev–Trinajstić information content (AvgIpc) is 2.85. The number of carbonyl (C=O) groups is 1. The summed E-state index contributed by atoms with van der Waals surface area (Å²) in [5, 5.41) is 4.62. The van der Waals surface area contributed by atoms with Crippen LogP contribution in [0.1, 0.15) is 39.9 Å². The Morgan fingerprint density at radius 3 is 2.42 bits per heavy atom. The molecule has 124 valence electrons. The van der Waals surface area contributed by atoms with Crippen molar-refractivity contribution < 1.29 is 9.53 Å². The predicted octanol–water partition coefficient (Wildman–Crippen LogP) is 3.81. The van der Waals surface area contributed by atoms with Crippen molar-refractivity contribution in [1.29, 1.82) is 0 Å². The van der Waals surface area contributed by atoms with Gasteiger partial charge in [-0.3, -0.25) is 0 Å². The lowest BCUT2D eigenvalue weighted by molar-refractivity contribution is 0.0519. The van der Waals surface area contributed by atoms with Crippen molar-refractivity contribution >= 4 is 11.6 Å². The second-order valence-electron chi connectivity index (χ2n) is 5.97.